The van der Waals surface area contributed by atoms with Crippen LogP contribution < -0.4 is 5.43 Å². The largest absolute Gasteiger partial charge is 0.358 e. The van der Waals surface area contributed by atoms with Crippen molar-refractivity contribution in [1.29, 1.82) is 0 Å². The van der Waals surface area contributed by atoms with Gasteiger partial charge in [-0.3, -0.25) is 4.79 Å². The lowest BCUT2D eigenvalue weighted by Crippen LogP contribution is -2.39. The molecule has 1 N–H and O–H groups in total. The van der Waals surface area contributed by atoms with Crippen molar-refractivity contribution in [2.75, 3.05) is 6.54 Å². The highest BCUT2D eigenvalue weighted by Gasteiger charge is 2.31. The summed E-state index contributed by atoms with van der Waals surface area (Å²) in [6.07, 6.45) is 0.456. The third-order valence-corrected chi connectivity index (χ3v) is 7.63. The summed E-state index contributed by atoms with van der Waals surface area (Å²) in [6, 6.07) is 10.3. The average Bonchev–Trinajstić information content (AvgIpc) is 2.65. The van der Waals surface area contributed by atoms with E-state index in [0.717, 1.165) is 16.8 Å². The zero-order chi connectivity index (χ0) is 19.3. The molecule has 3 aromatic rings. The van der Waals surface area contributed by atoms with Gasteiger partial charge < -0.3 is 4.98 Å². The second kappa shape index (κ2) is 6.48. The van der Waals surface area contributed by atoms with Gasteiger partial charge >= 0.3 is 0 Å². The normalized spacial score (nSPS) is 15.1. The molecule has 0 radical (unpaired) electrons. The van der Waals surface area contributed by atoms with Crippen LogP contribution in [-0.2, 0) is 23.0 Å². The van der Waals surface area contributed by atoms with Gasteiger partial charge in [-0.25, -0.2) is 8.42 Å². The lowest BCUT2D eigenvalue weighted by molar-refractivity contribution is 0.387. The van der Waals surface area contributed by atoms with Gasteiger partial charge in [0, 0.05) is 41.2 Å². The number of hydrogen-bond acceptors (Lipinski definition) is 3. The van der Waals surface area contributed by atoms with E-state index in [2.05, 4.69) is 4.98 Å². The fourth-order valence-corrected chi connectivity index (χ4v) is 5.42. The molecule has 0 saturated carbocycles. The van der Waals surface area contributed by atoms with Crippen LogP contribution in [0.25, 0.3) is 10.9 Å². The van der Waals surface area contributed by atoms with E-state index in [1.54, 1.807) is 37.3 Å². The number of rotatable bonds is 2. The molecule has 0 aliphatic carbocycles. The van der Waals surface area contributed by atoms with Gasteiger partial charge in [-0.1, -0.05) is 29.8 Å². The molecule has 2 aromatic carbocycles. The molecule has 27 heavy (non-hydrogen) atoms. The molecule has 0 bridgehead atoms. The Balaban J connectivity index is 1.82. The Morgan fingerprint density at radius 1 is 1.11 bits per heavy atom. The van der Waals surface area contributed by atoms with Crippen LogP contribution >= 0.6 is 11.6 Å². The van der Waals surface area contributed by atoms with Crippen LogP contribution in [0.1, 0.15) is 22.4 Å². The van der Waals surface area contributed by atoms with Crippen LogP contribution in [0.2, 0.25) is 5.02 Å². The highest BCUT2D eigenvalue weighted by Crippen LogP contribution is 2.28. The van der Waals surface area contributed by atoms with Crippen LogP contribution in [-0.4, -0.2) is 24.3 Å². The Kier molecular flexibility index (Phi) is 4.37. The second-order valence-corrected chi connectivity index (χ2v) is 9.17. The summed E-state index contributed by atoms with van der Waals surface area (Å²) in [7, 11) is -3.66. The number of aromatic amines is 1. The van der Waals surface area contributed by atoms with Crippen molar-refractivity contribution in [3.05, 3.63) is 74.0 Å². The summed E-state index contributed by atoms with van der Waals surface area (Å²) >= 11 is 6.18. The van der Waals surface area contributed by atoms with Crippen LogP contribution in [0.4, 0.5) is 0 Å². The molecule has 0 spiro atoms. The number of pyridine rings is 1. The van der Waals surface area contributed by atoms with Crippen LogP contribution in [0.3, 0.4) is 0 Å². The summed E-state index contributed by atoms with van der Waals surface area (Å²) in [4.78, 5) is 16.6. The van der Waals surface area contributed by atoms with Gasteiger partial charge in [-0.05, 0) is 43.2 Å². The summed E-state index contributed by atoms with van der Waals surface area (Å²) in [5, 5.41) is 1.13. The van der Waals surface area contributed by atoms with E-state index < -0.39 is 10.0 Å². The van der Waals surface area contributed by atoms with Gasteiger partial charge in [0.2, 0.25) is 10.0 Å². The minimum Gasteiger partial charge on any atom is -0.358 e. The van der Waals surface area contributed by atoms with Gasteiger partial charge in [0.15, 0.2) is 5.43 Å². The second-order valence-electron chi connectivity index (χ2n) is 6.86. The molecule has 0 unspecified atom stereocenters. The third-order valence-electron chi connectivity index (χ3n) is 5.21. The molecule has 2 heterocycles. The van der Waals surface area contributed by atoms with Gasteiger partial charge in [0.1, 0.15) is 0 Å². The van der Waals surface area contributed by atoms with Crippen LogP contribution in [0, 0.1) is 13.8 Å². The molecule has 1 aromatic heterocycles. The number of fused-ring (bicyclic) bond motifs is 2. The zero-order valence-corrected chi connectivity index (χ0v) is 16.6. The maximum Gasteiger partial charge on any atom is 0.243 e. The van der Waals surface area contributed by atoms with Gasteiger partial charge in [-0.2, -0.15) is 4.31 Å². The maximum absolute atomic E-state index is 13.1. The number of benzene rings is 2. The molecule has 4 rings (SSSR count). The smallest absolute Gasteiger partial charge is 0.243 e. The molecule has 0 saturated heterocycles. The molecule has 0 fully saturated rings. The number of nitrogens with zero attached hydrogens (tertiary/aromatic N) is 1. The topological polar surface area (TPSA) is 70.2 Å². The van der Waals surface area contributed by atoms with Gasteiger partial charge in [-0.15, -0.1) is 0 Å². The fourth-order valence-electron chi connectivity index (χ4n) is 3.63. The molecule has 5 nitrogen and oxygen atoms in total. The Bertz CT molecular complexity index is 1230. The standard InChI is InChI=1S/C20H19ClN2O3S/c1-12-5-3-4-6-18(12)27(25,26)23-10-9-17-15(11-23)20(24)14-7-8-16(21)13(2)19(14)22-17/h3-8H,9-11H2,1-2H3,(H,22,24). The summed E-state index contributed by atoms with van der Waals surface area (Å²) in [6.45, 7) is 4.03. The van der Waals surface area contributed by atoms with E-state index in [0.29, 0.717) is 34.5 Å². The molecule has 0 atom stereocenters. The molecular weight excluding hydrogens is 384 g/mol. The van der Waals surface area contributed by atoms with Crippen molar-refractivity contribution in [1.82, 2.24) is 9.29 Å². The first-order valence-electron chi connectivity index (χ1n) is 8.69. The number of H-pyrrole nitrogens is 1. The Morgan fingerprint density at radius 2 is 1.85 bits per heavy atom. The quantitative estimate of drug-likeness (QED) is 0.712. The summed E-state index contributed by atoms with van der Waals surface area (Å²) in [5.41, 5.74) is 3.40. The lowest BCUT2D eigenvalue weighted by atomic mass is 10.0. The SMILES string of the molecule is Cc1ccccc1S(=O)(=O)N1CCc2[nH]c3c(C)c(Cl)ccc3c(=O)c2C1. The minimum absolute atomic E-state index is 0.0684. The highest BCUT2D eigenvalue weighted by atomic mass is 35.5. The molecule has 7 heteroatoms. The van der Waals surface area contributed by atoms with Crippen molar-refractivity contribution in [3.8, 4) is 0 Å². The van der Waals surface area contributed by atoms with Crippen LogP contribution in [0.5, 0.6) is 0 Å². The highest BCUT2D eigenvalue weighted by molar-refractivity contribution is 7.89. The average molecular weight is 403 g/mol. The van der Waals surface area contributed by atoms with E-state index in [1.807, 2.05) is 13.0 Å². The number of nitrogens with one attached hydrogen (secondary N) is 1. The third kappa shape index (κ3) is 2.88. The van der Waals surface area contributed by atoms with E-state index in [1.165, 1.54) is 4.31 Å². The number of hydrogen-bond donors (Lipinski definition) is 1. The molecule has 0 amide bonds. The first kappa shape index (κ1) is 18.2. The van der Waals surface area contributed by atoms with E-state index in [9.17, 15) is 13.2 Å². The van der Waals surface area contributed by atoms with Crippen molar-refractivity contribution in [2.45, 2.75) is 31.7 Å². The van der Waals surface area contributed by atoms with Crippen molar-refractivity contribution >= 4 is 32.5 Å². The number of halogens is 1. The Labute approximate surface area is 162 Å². The zero-order valence-electron chi connectivity index (χ0n) is 15.0. The van der Waals surface area contributed by atoms with Crippen molar-refractivity contribution in [3.63, 3.8) is 0 Å². The Morgan fingerprint density at radius 3 is 2.59 bits per heavy atom. The molecule has 1 aliphatic heterocycles. The van der Waals surface area contributed by atoms with Crippen LogP contribution in [0.15, 0.2) is 46.1 Å². The molecular formula is C20H19ClN2O3S. The predicted molar refractivity (Wildman–Crippen MR) is 107 cm³/mol. The van der Waals surface area contributed by atoms with Gasteiger partial charge in [0.05, 0.1) is 10.4 Å². The van der Waals surface area contributed by atoms with Crippen molar-refractivity contribution in [2.24, 2.45) is 0 Å². The number of aromatic nitrogens is 1. The fraction of sp³-hybridized carbons (Fsp3) is 0.250. The number of sulfonamides is 1. The maximum atomic E-state index is 13.1. The molecule has 1 aliphatic rings. The van der Waals surface area contributed by atoms with Crippen molar-refractivity contribution < 1.29 is 8.42 Å². The van der Waals surface area contributed by atoms with E-state index >= 15 is 0 Å². The monoisotopic (exact) mass is 402 g/mol. The minimum atomic E-state index is -3.66. The summed E-state index contributed by atoms with van der Waals surface area (Å²) < 4.78 is 27.6. The lowest BCUT2D eigenvalue weighted by Gasteiger charge is -2.28. The first-order chi connectivity index (χ1) is 12.8. The summed E-state index contributed by atoms with van der Waals surface area (Å²) in [5.74, 6) is 0. The molecule has 140 valence electrons. The first-order valence-corrected chi connectivity index (χ1v) is 10.5. The predicted octanol–water partition coefficient (Wildman–Crippen LogP) is 3.55. The van der Waals surface area contributed by atoms with Gasteiger partial charge in [0.25, 0.3) is 0 Å². The van der Waals surface area contributed by atoms with E-state index in [-0.39, 0.29) is 16.9 Å². The Hall–Kier alpha value is -2.15. The number of aryl methyl sites for hydroxylation is 2. The van der Waals surface area contributed by atoms with E-state index in [4.69, 9.17) is 11.6 Å².